The molecule has 0 atom stereocenters. The summed E-state index contributed by atoms with van der Waals surface area (Å²) in [5.74, 6) is 0. The van der Waals surface area contributed by atoms with E-state index in [0.717, 1.165) is 0 Å². The van der Waals surface area contributed by atoms with Gasteiger partial charge < -0.3 is 10.3 Å². The number of hydrogen-bond acceptors (Lipinski definition) is 3. The third kappa shape index (κ3) is 5.16. The minimum atomic E-state index is -0.198. The van der Waals surface area contributed by atoms with Gasteiger partial charge in [-0.05, 0) is 5.53 Å². The second kappa shape index (κ2) is 3.35. The molecule has 7 heavy (non-hydrogen) atoms. The molecule has 0 saturated carbocycles. The summed E-state index contributed by atoms with van der Waals surface area (Å²) in [5, 5.41) is 17.6. The van der Waals surface area contributed by atoms with Crippen LogP contribution in [0.4, 0.5) is 0 Å². The molecule has 0 aromatic rings. The minimum Gasteiger partial charge on any atom is -0.572 e. The van der Waals surface area contributed by atoms with Gasteiger partial charge in [-0.1, -0.05) is 0 Å². The van der Waals surface area contributed by atoms with Crippen molar-refractivity contribution in [1.82, 2.24) is 5.43 Å². The van der Waals surface area contributed by atoms with Crippen LogP contribution in [0, 0.1) is 10.7 Å². The molecule has 0 bridgehead atoms. The zero-order valence-electron chi connectivity index (χ0n) is 3.72. The SMILES string of the molecule is N=[N+]([O-])NCCO. The predicted octanol–water partition coefficient (Wildman–Crippen LogP) is -0.975. The number of nitrogens with one attached hydrogen (secondary N) is 2. The van der Waals surface area contributed by atoms with Crippen molar-refractivity contribution in [2.75, 3.05) is 13.2 Å². The molecule has 0 aromatic heterocycles. The lowest BCUT2D eigenvalue weighted by atomic mass is 10.7. The molecule has 0 unspecified atom stereocenters. The average molecular weight is 105 g/mol. The van der Waals surface area contributed by atoms with Crippen molar-refractivity contribution in [3.8, 4) is 0 Å². The predicted molar refractivity (Wildman–Crippen MR) is 21.4 cm³/mol. The van der Waals surface area contributed by atoms with Crippen molar-refractivity contribution < 1.29 is 10.1 Å². The fourth-order valence-corrected chi connectivity index (χ4v) is 0.152. The molecule has 0 spiro atoms. The van der Waals surface area contributed by atoms with Crippen LogP contribution in [-0.2, 0) is 0 Å². The molecule has 0 amide bonds. The fraction of sp³-hybridized carbons (Fsp3) is 1.00. The number of hydrogen-bond donors (Lipinski definition) is 3. The Morgan fingerprint density at radius 2 is 2.43 bits per heavy atom. The molecule has 3 N–H and O–H groups in total. The van der Waals surface area contributed by atoms with E-state index in [2.05, 4.69) is 0 Å². The van der Waals surface area contributed by atoms with Crippen molar-refractivity contribution in [3.63, 3.8) is 0 Å². The highest BCUT2D eigenvalue weighted by molar-refractivity contribution is 4.22. The van der Waals surface area contributed by atoms with Crippen molar-refractivity contribution in [2.45, 2.75) is 0 Å². The van der Waals surface area contributed by atoms with Crippen molar-refractivity contribution in [1.29, 1.82) is 5.53 Å². The van der Waals surface area contributed by atoms with E-state index >= 15 is 0 Å². The molecule has 0 fully saturated rings. The average Bonchev–Trinajstić information content (AvgIpc) is 1.61. The van der Waals surface area contributed by atoms with Gasteiger partial charge in [0.25, 0.3) is 0 Å². The maximum atomic E-state index is 9.56. The first-order chi connectivity index (χ1) is 3.27. The molecule has 0 aliphatic heterocycles. The van der Waals surface area contributed by atoms with Gasteiger partial charge in [-0.15, -0.1) is 0 Å². The molecule has 0 heterocycles. The number of nitrogens with zero attached hydrogens (tertiary/aromatic N) is 1. The molecule has 0 rings (SSSR count). The highest BCUT2D eigenvalue weighted by Crippen LogP contribution is 1.54. The molecule has 0 radical (unpaired) electrons. The van der Waals surface area contributed by atoms with E-state index in [4.69, 9.17) is 10.6 Å². The smallest absolute Gasteiger partial charge is 0.0969 e. The summed E-state index contributed by atoms with van der Waals surface area (Å²) in [6.07, 6.45) is 0. The summed E-state index contributed by atoms with van der Waals surface area (Å²) in [4.78, 5) is -0.198. The maximum absolute atomic E-state index is 9.56. The Hall–Kier alpha value is -0.840. The number of hydrazine groups is 1. The van der Waals surface area contributed by atoms with Crippen LogP contribution < -0.4 is 5.43 Å². The molecular formula is C2H7N3O2. The van der Waals surface area contributed by atoms with Gasteiger partial charge in [-0.2, -0.15) is 5.43 Å². The standard InChI is InChI=1S/C2H7N3O2/c3-5(7)4-1-2-6/h6H,1-2H2,(H2,3,4). The number of rotatable bonds is 3. The Morgan fingerprint density at radius 3 is 2.57 bits per heavy atom. The van der Waals surface area contributed by atoms with Crippen LogP contribution in [0.2, 0.25) is 0 Å². The van der Waals surface area contributed by atoms with E-state index in [1.165, 1.54) is 0 Å². The van der Waals surface area contributed by atoms with Crippen LogP contribution in [0.15, 0.2) is 0 Å². The topological polar surface area (TPSA) is 82.2 Å². The van der Waals surface area contributed by atoms with Crippen LogP contribution in [0.1, 0.15) is 0 Å². The van der Waals surface area contributed by atoms with Gasteiger partial charge in [0.2, 0.25) is 0 Å². The zero-order chi connectivity index (χ0) is 5.70. The quantitative estimate of drug-likeness (QED) is 0.245. The number of aliphatic hydroxyl groups excluding tert-OH is 1. The Morgan fingerprint density at radius 1 is 1.86 bits per heavy atom. The van der Waals surface area contributed by atoms with Crippen molar-refractivity contribution in [2.24, 2.45) is 0 Å². The Bertz CT molecular complexity index is 64.0. The lowest BCUT2D eigenvalue weighted by molar-refractivity contribution is -0.610. The van der Waals surface area contributed by atoms with E-state index in [1.54, 1.807) is 0 Å². The molecule has 0 aliphatic rings. The molecule has 0 aliphatic carbocycles. The van der Waals surface area contributed by atoms with Gasteiger partial charge in [-0.25, -0.2) is 0 Å². The van der Waals surface area contributed by atoms with E-state index in [9.17, 15) is 5.21 Å². The van der Waals surface area contributed by atoms with E-state index in [-0.39, 0.29) is 18.1 Å². The third-order valence-corrected chi connectivity index (χ3v) is 0.367. The van der Waals surface area contributed by atoms with Gasteiger partial charge in [0.15, 0.2) is 0 Å². The van der Waals surface area contributed by atoms with Gasteiger partial charge in [0, 0.05) is 4.97 Å². The first kappa shape index (κ1) is 6.16. The first-order valence-corrected chi connectivity index (χ1v) is 1.80. The Balaban J connectivity index is 2.82. The van der Waals surface area contributed by atoms with Gasteiger partial charge in [0.05, 0.1) is 13.2 Å². The summed E-state index contributed by atoms with van der Waals surface area (Å²) < 4.78 is 0. The highest BCUT2D eigenvalue weighted by atomic mass is 16.5. The van der Waals surface area contributed by atoms with Crippen molar-refractivity contribution >= 4 is 0 Å². The maximum Gasteiger partial charge on any atom is 0.0969 e. The highest BCUT2D eigenvalue weighted by Gasteiger charge is 1.82. The lowest BCUT2D eigenvalue weighted by Crippen LogP contribution is -2.24. The second-order valence-electron chi connectivity index (χ2n) is 0.926. The van der Waals surface area contributed by atoms with Crippen LogP contribution in [0.3, 0.4) is 0 Å². The summed E-state index contributed by atoms with van der Waals surface area (Å²) in [6.45, 7) is 0.00458. The first-order valence-electron chi connectivity index (χ1n) is 1.80. The second-order valence-corrected chi connectivity index (χ2v) is 0.926. The van der Waals surface area contributed by atoms with Gasteiger partial charge in [-0.3, -0.25) is 0 Å². The molecule has 5 nitrogen and oxygen atoms in total. The van der Waals surface area contributed by atoms with E-state index in [0.29, 0.717) is 0 Å². The fourth-order valence-electron chi connectivity index (χ4n) is 0.152. The van der Waals surface area contributed by atoms with Crippen LogP contribution in [0.25, 0.3) is 0 Å². The van der Waals surface area contributed by atoms with Gasteiger partial charge >= 0.3 is 0 Å². The molecule has 0 saturated heterocycles. The molecule has 5 heteroatoms. The van der Waals surface area contributed by atoms with Crippen LogP contribution >= 0.6 is 0 Å². The van der Waals surface area contributed by atoms with Crippen molar-refractivity contribution in [3.05, 3.63) is 5.21 Å². The van der Waals surface area contributed by atoms with Crippen LogP contribution in [-0.4, -0.2) is 23.2 Å². The summed E-state index contributed by atoms with van der Waals surface area (Å²) in [7, 11) is 0. The summed E-state index contributed by atoms with van der Waals surface area (Å²) >= 11 is 0. The normalized spacial score (nSPS) is 8.14. The van der Waals surface area contributed by atoms with Crippen LogP contribution in [0.5, 0.6) is 0 Å². The molecule has 42 valence electrons. The van der Waals surface area contributed by atoms with Gasteiger partial charge in [0.1, 0.15) is 0 Å². The largest absolute Gasteiger partial charge is 0.572 e. The summed E-state index contributed by atoms with van der Waals surface area (Å²) in [6, 6.07) is 0. The Labute approximate surface area is 40.6 Å². The zero-order valence-corrected chi connectivity index (χ0v) is 3.72. The Kier molecular flexibility index (Phi) is 2.95. The molecular weight excluding hydrogens is 98.0 g/mol. The lowest BCUT2D eigenvalue weighted by Gasteiger charge is -1.94. The minimum absolute atomic E-state index is 0.127. The molecule has 0 aromatic carbocycles. The van der Waals surface area contributed by atoms with E-state index < -0.39 is 0 Å². The summed E-state index contributed by atoms with van der Waals surface area (Å²) in [5.41, 5.74) is 8.13. The number of aliphatic hydroxyl groups is 1. The van der Waals surface area contributed by atoms with E-state index in [1.807, 2.05) is 5.43 Å². The third-order valence-electron chi connectivity index (χ3n) is 0.367. The monoisotopic (exact) mass is 105 g/mol.